The van der Waals surface area contributed by atoms with Gasteiger partial charge in [0.15, 0.2) is 9.84 Å². The van der Waals surface area contributed by atoms with E-state index >= 15 is 0 Å². The Labute approximate surface area is 153 Å². The van der Waals surface area contributed by atoms with Crippen molar-refractivity contribution in [1.82, 2.24) is 0 Å². The van der Waals surface area contributed by atoms with Gasteiger partial charge in [-0.05, 0) is 36.6 Å². The summed E-state index contributed by atoms with van der Waals surface area (Å²) in [5.41, 5.74) is 1.69. The van der Waals surface area contributed by atoms with Crippen LogP contribution in [0.4, 0.5) is 17.1 Å². The molecular formula is C19H22N2O4S. The number of anilines is 2. The third-order valence-corrected chi connectivity index (χ3v) is 6.96. The van der Waals surface area contributed by atoms with E-state index in [1.165, 1.54) is 6.07 Å². The molecule has 0 heterocycles. The lowest BCUT2D eigenvalue weighted by Crippen LogP contribution is -2.25. The zero-order valence-electron chi connectivity index (χ0n) is 14.4. The van der Waals surface area contributed by atoms with E-state index in [1.807, 2.05) is 0 Å². The Morgan fingerprint density at radius 3 is 2.50 bits per heavy atom. The average Bonchev–Trinajstić information content (AvgIpc) is 2.63. The van der Waals surface area contributed by atoms with Gasteiger partial charge in [-0.2, -0.15) is 0 Å². The van der Waals surface area contributed by atoms with Gasteiger partial charge in [-0.25, -0.2) is 8.42 Å². The van der Waals surface area contributed by atoms with E-state index in [-0.39, 0.29) is 16.7 Å². The van der Waals surface area contributed by atoms with Crippen LogP contribution in [0.3, 0.4) is 0 Å². The molecule has 6 nitrogen and oxygen atoms in total. The van der Waals surface area contributed by atoms with Gasteiger partial charge in [-0.15, -0.1) is 0 Å². The Kier molecular flexibility index (Phi) is 5.56. The number of benzene rings is 2. The van der Waals surface area contributed by atoms with Gasteiger partial charge in [0.1, 0.15) is 5.69 Å². The van der Waals surface area contributed by atoms with Crippen molar-refractivity contribution in [3.8, 4) is 0 Å². The standard InChI is InChI=1S/C19H22N2O4S/c22-21(23)19-12-5-4-11-18(19)20-16-8-6-7-15(13-16)14-26(24,25)17-9-2-1-3-10-17/h4-8,11-13,17,20H,1-3,9-10,14H2. The van der Waals surface area contributed by atoms with Gasteiger partial charge in [0.05, 0.1) is 15.9 Å². The quantitative estimate of drug-likeness (QED) is 0.590. The molecule has 0 unspecified atom stereocenters. The SMILES string of the molecule is O=[N+]([O-])c1ccccc1Nc1cccc(CS(=O)(=O)C2CCCCC2)c1. The number of nitro groups is 1. The molecule has 2 aromatic rings. The topological polar surface area (TPSA) is 89.3 Å². The van der Waals surface area contributed by atoms with E-state index in [2.05, 4.69) is 5.32 Å². The van der Waals surface area contributed by atoms with E-state index in [0.717, 1.165) is 32.1 Å². The van der Waals surface area contributed by atoms with Gasteiger partial charge in [0.25, 0.3) is 5.69 Å². The Morgan fingerprint density at radius 2 is 1.77 bits per heavy atom. The first-order valence-electron chi connectivity index (χ1n) is 8.77. The van der Waals surface area contributed by atoms with Crippen LogP contribution in [0.1, 0.15) is 37.7 Å². The molecule has 7 heteroatoms. The first-order valence-corrected chi connectivity index (χ1v) is 10.5. The summed E-state index contributed by atoms with van der Waals surface area (Å²) >= 11 is 0. The minimum atomic E-state index is -3.18. The average molecular weight is 374 g/mol. The lowest BCUT2D eigenvalue weighted by atomic mass is 10.0. The molecule has 0 aliphatic heterocycles. The number of nitrogens with one attached hydrogen (secondary N) is 1. The van der Waals surface area contributed by atoms with Crippen LogP contribution in [0.2, 0.25) is 0 Å². The number of sulfone groups is 1. The highest BCUT2D eigenvalue weighted by molar-refractivity contribution is 7.91. The third kappa shape index (κ3) is 4.40. The van der Waals surface area contributed by atoms with Gasteiger partial charge in [-0.3, -0.25) is 10.1 Å². The van der Waals surface area contributed by atoms with Crippen molar-refractivity contribution >= 4 is 26.9 Å². The van der Waals surface area contributed by atoms with E-state index in [1.54, 1.807) is 42.5 Å². The van der Waals surface area contributed by atoms with Crippen molar-refractivity contribution < 1.29 is 13.3 Å². The number of nitrogens with zero attached hydrogens (tertiary/aromatic N) is 1. The van der Waals surface area contributed by atoms with Gasteiger partial charge < -0.3 is 5.32 Å². The molecular weight excluding hydrogens is 352 g/mol. The molecule has 1 aliphatic rings. The fourth-order valence-electron chi connectivity index (χ4n) is 3.41. The van der Waals surface area contributed by atoms with Crippen molar-refractivity contribution in [3.63, 3.8) is 0 Å². The minimum Gasteiger partial charge on any atom is -0.350 e. The van der Waals surface area contributed by atoms with E-state index < -0.39 is 14.8 Å². The molecule has 0 radical (unpaired) electrons. The molecule has 1 N–H and O–H groups in total. The molecule has 0 saturated heterocycles. The predicted molar refractivity (Wildman–Crippen MR) is 102 cm³/mol. The summed E-state index contributed by atoms with van der Waals surface area (Å²) in [7, 11) is -3.18. The van der Waals surface area contributed by atoms with E-state index in [9.17, 15) is 18.5 Å². The summed E-state index contributed by atoms with van der Waals surface area (Å²) < 4.78 is 25.3. The first kappa shape index (κ1) is 18.4. The van der Waals surface area contributed by atoms with Crippen LogP contribution >= 0.6 is 0 Å². The van der Waals surface area contributed by atoms with Crippen LogP contribution in [0.5, 0.6) is 0 Å². The lowest BCUT2D eigenvalue weighted by Gasteiger charge is -2.21. The molecule has 1 aliphatic carbocycles. The van der Waals surface area contributed by atoms with Crippen molar-refractivity contribution in [3.05, 3.63) is 64.2 Å². The van der Waals surface area contributed by atoms with Crippen LogP contribution in [0, 0.1) is 10.1 Å². The van der Waals surface area contributed by atoms with Crippen LogP contribution in [-0.2, 0) is 15.6 Å². The second-order valence-corrected chi connectivity index (χ2v) is 8.95. The highest BCUT2D eigenvalue weighted by Crippen LogP contribution is 2.29. The van der Waals surface area contributed by atoms with Crippen molar-refractivity contribution in [1.29, 1.82) is 0 Å². The van der Waals surface area contributed by atoms with Crippen LogP contribution in [0.25, 0.3) is 0 Å². The summed E-state index contributed by atoms with van der Waals surface area (Å²) in [6.07, 6.45) is 4.56. The van der Waals surface area contributed by atoms with Crippen molar-refractivity contribution in [2.75, 3.05) is 5.32 Å². The van der Waals surface area contributed by atoms with Gasteiger partial charge >= 0.3 is 0 Å². The molecule has 1 fully saturated rings. The van der Waals surface area contributed by atoms with E-state index in [4.69, 9.17) is 0 Å². The second kappa shape index (κ2) is 7.86. The summed E-state index contributed by atoms with van der Waals surface area (Å²) in [4.78, 5) is 10.7. The molecule has 1 saturated carbocycles. The third-order valence-electron chi connectivity index (χ3n) is 4.73. The van der Waals surface area contributed by atoms with Crippen molar-refractivity contribution in [2.45, 2.75) is 43.1 Å². The normalized spacial score (nSPS) is 15.5. The zero-order valence-corrected chi connectivity index (χ0v) is 15.2. The molecule has 0 spiro atoms. The maximum Gasteiger partial charge on any atom is 0.292 e. The lowest BCUT2D eigenvalue weighted by molar-refractivity contribution is -0.383. The number of rotatable bonds is 6. The smallest absolute Gasteiger partial charge is 0.292 e. The van der Waals surface area contributed by atoms with Crippen LogP contribution < -0.4 is 5.32 Å². The van der Waals surface area contributed by atoms with Gasteiger partial charge in [0, 0.05) is 11.8 Å². The molecule has 0 atom stereocenters. The molecule has 0 amide bonds. The van der Waals surface area contributed by atoms with Crippen LogP contribution in [0.15, 0.2) is 48.5 Å². The van der Waals surface area contributed by atoms with Gasteiger partial charge in [0.2, 0.25) is 0 Å². The number of para-hydroxylation sites is 2. The second-order valence-electron chi connectivity index (χ2n) is 6.67. The summed E-state index contributed by atoms with van der Waals surface area (Å²) in [5.74, 6) is 0.00404. The Morgan fingerprint density at radius 1 is 1.04 bits per heavy atom. The highest BCUT2D eigenvalue weighted by Gasteiger charge is 2.27. The fraction of sp³-hybridized carbons (Fsp3) is 0.368. The fourth-order valence-corrected chi connectivity index (χ4v) is 5.34. The summed E-state index contributed by atoms with van der Waals surface area (Å²) in [6, 6.07) is 13.4. The number of hydrogen-bond donors (Lipinski definition) is 1. The van der Waals surface area contributed by atoms with Crippen LogP contribution in [-0.4, -0.2) is 18.6 Å². The van der Waals surface area contributed by atoms with Crippen molar-refractivity contribution in [2.24, 2.45) is 0 Å². The minimum absolute atomic E-state index is 0.00404. The maximum absolute atomic E-state index is 12.7. The molecule has 26 heavy (non-hydrogen) atoms. The highest BCUT2D eigenvalue weighted by atomic mass is 32.2. The molecule has 138 valence electrons. The number of nitro benzene ring substituents is 1. The molecule has 2 aromatic carbocycles. The largest absolute Gasteiger partial charge is 0.350 e. The Balaban J connectivity index is 1.77. The Hall–Kier alpha value is -2.41. The Bertz CT molecular complexity index is 890. The zero-order chi connectivity index (χ0) is 18.6. The monoisotopic (exact) mass is 374 g/mol. The van der Waals surface area contributed by atoms with E-state index in [0.29, 0.717) is 16.9 Å². The molecule has 3 rings (SSSR count). The summed E-state index contributed by atoms with van der Waals surface area (Å²) in [6.45, 7) is 0. The predicted octanol–water partition coefficient (Wildman–Crippen LogP) is 4.59. The molecule has 0 aromatic heterocycles. The van der Waals surface area contributed by atoms with Gasteiger partial charge in [-0.1, -0.05) is 43.5 Å². The summed E-state index contributed by atoms with van der Waals surface area (Å²) in [5, 5.41) is 13.9. The number of hydrogen-bond acceptors (Lipinski definition) is 5. The maximum atomic E-state index is 12.7. The first-order chi connectivity index (χ1) is 12.5. The molecule has 0 bridgehead atoms.